The van der Waals surface area contributed by atoms with Gasteiger partial charge in [-0.2, -0.15) is 0 Å². The Balaban J connectivity index is 2.36. The average Bonchev–Trinajstić information content (AvgIpc) is 2.64. The van der Waals surface area contributed by atoms with E-state index in [0.717, 1.165) is 11.1 Å². The highest BCUT2D eigenvalue weighted by Crippen LogP contribution is 2.39. The van der Waals surface area contributed by atoms with Crippen molar-refractivity contribution in [1.82, 2.24) is 4.98 Å². The predicted molar refractivity (Wildman–Crippen MR) is 88.9 cm³/mol. The Morgan fingerprint density at radius 1 is 1.27 bits per heavy atom. The molecule has 2 rings (SSSR count). The Hall–Kier alpha value is -1.57. The van der Waals surface area contributed by atoms with E-state index in [-0.39, 0.29) is 6.61 Å². The molecule has 22 heavy (non-hydrogen) atoms. The number of rotatable bonds is 3. The monoisotopic (exact) mass is 305 g/mol. The molecule has 1 saturated heterocycles. The van der Waals surface area contributed by atoms with Crippen molar-refractivity contribution in [2.75, 3.05) is 18.1 Å². The lowest BCUT2D eigenvalue weighted by molar-refractivity contribution is 0.00578. The molecule has 1 fully saturated rings. The van der Waals surface area contributed by atoms with E-state index in [0.29, 0.717) is 17.0 Å². The summed E-state index contributed by atoms with van der Waals surface area (Å²) in [6.07, 6.45) is 3.42. The smallest absolute Gasteiger partial charge is 0.400 e. The molecule has 120 valence electrons. The van der Waals surface area contributed by atoms with E-state index in [4.69, 9.17) is 20.8 Å². The molecule has 1 aliphatic rings. The first-order chi connectivity index (χ1) is 10.1. The van der Waals surface area contributed by atoms with E-state index in [2.05, 4.69) is 4.98 Å². The molecule has 1 aromatic rings. The van der Waals surface area contributed by atoms with E-state index < -0.39 is 18.3 Å². The SMILES string of the molecule is Cc1c(C=C(CO)B2OC(C)(C)C(C)(C)O2)cnc(N)c1N. The zero-order chi connectivity index (χ0) is 16.7. The fourth-order valence-corrected chi connectivity index (χ4v) is 2.18. The number of aliphatic hydroxyl groups excluding tert-OH is 1. The van der Waals surface area contributed by atoms with Crippen LogP contribution in [-0.2, 0) is 9.31 Å². The minimum atomic E-state index is -0.604. The highest BCUT2D eigenvalue weighted by Gasteiger charge is 2.52. The predicted octanol–water partition coefficient (Wildman–Crippen LogP) is 1.56. The van der Waals surface area contributed by atoms with Crippen molar-refractivity contribution >= 4 is 24.7 Å². The fraction of sp³-hybridized carbons (Fsp3) is 0.533. The second-order valence-corrected chi connectivity index (χ2v) is 6.60. The second-order valence-electron chi connectivity index (χ2n) is 6.60. The van der Waals surface area contributed by atoms with E-state index in [1.807, 2.05) is 34.6 Å². The maximum Gasteiger partial charge on any atom is 0.492 e. The minimum absolute atomic E-state index is 0.180. The van der Waals surface area contributed by atoms with Crippen molar-refractivity contribution in [1.29, 1.82) is 0 Å². The van der Waals surface area contributed by atoms with Crippen molar-refractivity contribution in [3.63, 3.8) is 0 Å². The Kier molecular flexibility index (Phi) is 4.25. The van der Waals surface area contributed by atoms with Gasteiger partial charge in [-0.3, -0.25) is 0 Å². The molecule has 1 aromatic heterocycles. The molecule has 0 radical (unpaired) electrons. The molecule has 2 heterocycles. The summed E-state index contributed by atoms with van der Waals surface area (Å²) in [5.74, 6) is 0.302. The fourth-order valence-electron chi connectivity index (χ4n) is 2.18. The number of nitrogen functional groups attached to an aromatic ring is 2. The Bertz CT molecular complexity index is 598. The zero-order valence-corrected chi connectivity index (χ0v) is 13.8. The van der Waals surface area contributed by atoms with Crippen LogP contribution in [0, 0.1) is 6.92 Å². The molecule has 0 atom stereocenters. The Labute approximate surface area is 131 Å². The van der Waals surface area contributed by atoms with Gasteiger partial charge in [-0.15, -0.1) is 0 Å². The maximum absolute atomic E-state index is 9.70. The molecule has 0 aliphatic carbocycles. The van der Waals surface area contributed by atoms with Crippen LogP contribution in [0.4, 0.5) is 11.5 Å². The van der Waals surface area contributed by atoms with Gasteiger partial charge in [0.25, 0.3) is 0 Å². The third-order valence-electron chi connectivity index (χ3n) is 4.54. The Morgan fingerprint density at radius 3 is 2.32 bits per heavy atom. The molecule has 0 spiro atoms. The largest absolute Gasteiger partial charge is 0.492 e. The van der Waals surface area contributed by atoms with Crippen LogP contribution < -0.4 is 11.5 Å². The first kappa shape index (κ1) is 16.8. The molecule has 0 bridgehead atoms. The first-order valence-corrected chi connectivity index (χ1v) is 7.26. The zero-order valence-electron chi connectivity index (χ0n) is 13.8. The van der Waals surface area contributed by atoms with Gasteiger partial charge in [0.1, 0.15) is 5.82 Å². The number of hydrogen-bond donors (Lipinski definition) is 3. The highest BCUT2D eigenvalue weighted by molar-refractivity contribution is 6.55. The number of nitrogens with two attached hydrogens (primary N) is 2. The van der Waals surface area contributed by atoms with Crippen molar-refractivity contribution in [3.8, 4) is 0 Å². The van der Waals surface area contributed by atoms with Crippen LogP contribution in [-0.4, -0.2) is 35.0 Å². The third kappa shape index (κ3) is 2.84. The number of aromatic nitrogens is 1. The number of pyridine rings is 1. The average molecular weight is 305 g/mol. The topological polar surface area (TPSA) is 104 Å². The van der Waals surface area contributed by atoms with E-state index in [1.54, 1.807) is 12.3 Å². The highest BCUT2D eigenvalue weighted by atomic mass is 16.7. The summed E-state index contributed by atoms with van der Waals surface area (Å²) < 4.78 is 11.9. The molecular weight excluding hydrogens is 281 g/mol. The molecule has 6 nitrogen and oxygen atoms in total. The van der Waals surface area contributed by atoms with Crippen molar-refractivity contribution in [2.45, 2.75) is 45.8 Å². The molecule has 0 amide bonds. The first-order valence-electron chi connectivity index (χ1n) is 7.26. The summed E-state index contributed by atoms with van der Waals surface area (Å²) in [5.41, 5.74) is 13.3. The number of anilines is 2. The normalized spacial score (nSPS) is 20.5. The van der Waals surface area contributed by atoms with Gasteiger partial charge in [-0.1, -0.05) is 6.08 Å². The van der Waals surface area contributed by atoms with Gasteiger partial charge in [0.15, 0.2) is 0 Å². The molecule has 1 aliphatic heterocycles. The number of hydrogen-bond acceptors (Lipinski definition) is 6. The van der Waals surface area contributed by atoms with Crippen molar-refractivity contribution < 1.29 is 14.4 Å². The minimum Gasteiger partial charge on any atom is -0.400 e. The van der Waals surface area contributed by atoms with E-state index >= 15 is 0 Å². The van der Waals surface area contributed by atoms with Crippen LogP contribution >= 0.6 is 0 Å². The van der Waals surface area contributed by atoms with Crippen LogP contribution in [0.3, 0.4) is 0 Å². The summed E-state index contributed by atoms with van der Waals surface area (Å²) in [6.45, 7) is 9.55. The molecule has 7 heteroatoms. The summed E-state index contributed by atoms with van der Waals surface area (Å²) in [6, 6.07) is 0. The van der Waals surface area contributed by atoms with Gasteiger partial charge >= 0.3 is 7.12 Å². The molecular formula is C15H24BN3O3. The van der Waals surface area contributed by atoms with Gasteiger partial charge in [0.05, 0.1) is 23.5 Å². The summed E-state index contributed by atoms with van der Waals surface area (Å²) in [4.78, 5) is 4.06. The maximum atomic E-state index is 9.70. The molecule has 0 saturated carbocycles. The number of nitrogens with zero attached hydrogens (tertiary/aromatic N) is 1. The van der Waals surface area contributed by atoms with Gasteiger partial charge < -0.3 is 25.9 Å². The Morgan fingerprint density at radius 2 is 1.82 bits per heavy atom. The van der Waals surface area contributed by atoms with E-state index in [1.165, 1.54) is 0 Å². The molecule has 5 N–H and O–H groups in total. The second kappa shape index (κ2) is 5.57. The number of aliphatic hydroxyl groups is 1. The van der Waals surface area contributed by atoms with Crippen LogP contribution in [0.2, 0.25) is 0 Å². The summed E-state index contributed by atoms with van der Waals surface area (Å²) in [5, 5.41) is 9.70. The molecule has 0 aromatic carbocycles. The molecule has 0 unspecified atom stereocenters. The van der Waals surface area contributed by atoms with Gasteiger partial charge in [0, 0.05) is 6.20 Å². The van der Waals surface area contributed by atoms with Gasteiger partial charge in [-0.05, 0) is 51.2 Å². The van der Waals surface area contributed by atoms with Gasteiger partial charge in [0.2, 0.25) is 0 Å². The van der Waals surface area contributed by atoms with Crippen LogP contribution in [0.1, 0.15) is 38.8 Å². The van der Waals surface area contributed by atoms with Crippen molar-refractivity contribution in [3.05, 3.63) is 22.8 Å². The third-order valence-corrected chi connectivity index (χ3v) is 4.54. The van der Waals surface area contributed by atoms with Gasteiger partial charge in [-0.25, -0.2) is 4.98 Å². The quantitative estimate of drug-likeness (QED) is 0.732. The van der Waals surface area contributed by atoms with E-state index in [9.17, 15) is 5.11 Å². The lowest BCUT2D eigenvalue weighted by atomic mass is 9.77. The lowest BCUT2D eigenvalue weighted by Gasteiger charge is -2.32. The van der Waals surface area contributed by atoms with Crippen LogP contribution in [0.5, 0.6) is 0 Å². The summed E-state index contributed by atoms with van der Waals surface area (Å²) in [7, 11) is -0.604. The lowest BCUT2D eigenvalue weighted by Crippen LogP contribution is -2.41. The summed E-state index contributed by atoms with van der Waals surface area (Å²) >= 11 is 0. The van der Waals surface area contributed by atoms with Crippen molar-refractivity contribution in [2.24, 2.45) is 0 Å². The van der Waals surface area contributed by atoms with Crippen LogP contribution in [0.25, 0.3) is 6.08 Å². The van der Waals surface area contributed by atoms with Crippen LogP contribution in [0.15, 0.2) is 11.7 Å². The standard InChI is InChI=1S/C15H24BN3O3/c1-9-10(7-19-13(18)12(9)17)6-11(8-20)16-21-14(2,3)15(4,5)22-16/h6-7,20H,8,17H2,1-5H3,(H2,18,19).